The van der Waals surface area contributed by atoms with Crippen LogP contribution in [-0.2, 0) is 0 Å². The summed E-state index contributed by atoms with van der Waals surface area (Å²) >= 11 is 6.10. The van der Waals surface area contributed by atoms with E-state index in [1.54, 1.807) is 12.5 Å². The number of nitrogens with one attached hydrogen (secondary N) is 1. The summed E-state index contributed by atoms with van der Waals surface area (Å²) < 4.78 is 0. The molecule has 5 rings (SSSR count). The predicted octanol–water partition coefficient (Wildman–Crippen LogP) is 4.67. The van der Waals surface area contributed by atoms with Crippen molar-refractivity contribution in [2.75, 3.05) is 13.2 Å². The number of hydrogen-bond acceptors (Lipinski definition) is 5. The molecule has 2 aromatic heterocycles. The molecule has 162 valence electrons. The molecule has 0 bridgehead atoms. The Hall–Kier alpha value is -2.28. The Morgan fingerprint density at radius 2 is 1.87 bits per heavy atom. The molecule has 2 N–H and O–H groups in total. The zero-order chi connectivity index (χ0) is 21.2. The van der Waals surface area contributed by atoms with E-state index in [0.29, 0.717) is 23.0 Å². The lowest BCUT2D eigenvalue weighted by Gasteiger charge is -2.37. The minimum Gasteiger partial charge on any atom is -0.395 e. The molecule has 3 heterocycles. The van der Waals surface area contributed by atoms with Crippen LogP contribution in [0.2, 0.25) is 5.02 Å². The number of benzene rings is 1. The normalized spacial score (nSPS) is 24.5. The number of aromatic amines is 1. The Kier molecular flexibility index (Phi) is 6.03. The maximum atomic E-state index is 9.71. The van der Waals surface area contributed by atoms with Crippen LogP contribution in [0.4, 0.5) is 0 Å². The van der Waals surface area contributed by atoms with Gasteiger partial charge in [0.2, 0.25) is 0 Å². The fourth-order valence-electron chi connectivity index (χ4n) is 5.40. The first kappa shape index (κ1) is 20.6. The summed E-state index contributed by atoms with van der Waals surface area (Å²) in [6.45, 7) is 1.40. The maximum absolute atomic E-state index is 9.71. The van der Waals surface area contributed by atoms with Gasteiger partial charge in [-0.15, -0.1) is 0 Å². The number of aromatic nitrogens is 4. The maximum Gasteiger partial charge on any atom is 0.116 e. The third-order valence-electron chi connectivity index (χ3n) is 6.96. The number of rotatable bonds is 5. The van der Waals surface area contributed by atoms with Gasteiger partial charge in [0.25, 0.3) is 0 Å². The van der Waals surface area contributed by atoms with Crippen LogP contribution in [0.3, 0.4) is 0 Å². The summed E-state index contributed by atoms with van der Waals surface area (Å²) in [7, 11) is 0. The third kappa shape index (κ3) is 4.12. The van der Waals surface area contributed by atoms with Crippen LogP contribution in [0.1, 0.15) is 50.1 Å². The number of likely N-dealkylation sites (tertiary alicyclic amines) is 1. The van der Waals surface area contributed by atoms with E-state index in [2.05, 4.69) is 20.0 Å². The molecule has 0 spiro atoms. The number of aliphatic hydroxyl groups is 1. The van der Waals surface area contributed by atoms with Crippen LogP contribution in [0.5, 0.6) is 0 Å². The van der Waals surface area contributed by atoms with E-state index in [9.17, 15) is 5.11 Å². The molecule has 2 aliphatic rings. The van der Waals surface area contributed by atoms with Crippen molar-refractivity contribution >= 4 is 11.6 Å². The lowest BCUT2D eigenvalue weighted by molar-refractivity contribution is 0.0942. The van der Waals surface area contributed by atoms with Crippen molar-refractivity contribution in [3.8, 4) is 22.5 Å². The smallest absolute Gasteiger partial charge is 0.116 e. The second-order valence-electron chi connectivity index (χ2n) is 8.68. The first-order chi connectivity index (χ1) is 15.2. The van der Waals surface area contributed by atoms with Crippen molar-refractivity contribution in [2.45, 2.75) is 56.5 Å². The van der Waals surface area contributed by atoms with Gasteiger partial charge in [0, 0.05) is 46.0 Å². The first-order valence-corrected chi connectivity index (χ1v) is 11.6. The van der Waals surface area contributed by atoms with Gasteiger partial charge in [-0.25, -0.2) is 9.97 Å². The van der Waals surface area contributed by atoms with Crippen molar-refractivity contribution in [1.29, 1.82) is 0 Å². The van der Waals surface area contributed by atoms with Gasteiger partial charge < -0.3 is 5.11 Å². The number of H-pyrrole nitrogens is 1. The van der Waals surface area contributed by atoms with Crippen LogP contribution in [0, 0.1) is 0 Å². The number of hydrogen-bond donors (Lipinski definition) is 2. The highest BCUT2D eigenvalue weighted by Crippen LogP contribution is 2.42. The predicted molar refractivity (Wildman–Crippen MR) is 122 cm³/mol. The highest BCUT2D eigenvalue weighted by atomic mass is 35.5. The van der Waals surface area contributed by atoms with Gasteiger partial charge in [-0.1, -0.05) is 23.7 Å². The summed E-state index contributed by atoms with van der Waals surface area (Å²) in [5.41, 5.74) is 5.07. The van der Waals surface area contributed by atoms with Gasteiger partial charge in [0.15, 0.2) is 0 Å². The fraction of sp³-hybridized carbons (Fsp3) is 0.458. The molecule has 31 heavy (non-hydrogen) atoms. The summed E-state index contributed by atoms with van der Waals surface area (Å²) in [6, 6.07) is 10.7. The highest BCUT2D eigenvalue weighted by Gasteiger charge is 2.34. The Labute approximate surface area is 187 Å². The van der Waals surface area contributed by atoms with E-state index in [-0.39, 0.29) is 6.61 Å². The van der Waals surface area contributed by atoms with E-state index in [0.717, 1.165) is 61.2 Å². The quantitative estimate of drug-likeness (QED) is 0.606. The van der Waals surface area contributed by atoms with Gasteiger partial charge >= 0.3 is 0 Å². The van der Waals surface area contributed by atoms with Gasteiger partial charge in [-0.3, -0.25) is 10.00 Å². The van der Waals surface area contributed by atoms with E-state index in [1.807, 2.05) is 30.3 Å². The summed E-state index contributed by atoms with van der Waals surface area (Å²) in [6.07, 6.45) is 10.2. The molecule has 1 aromatic carbocycles. The average Bonchev–Trinajstić information content (AvgIpc) is 3.48. The standard InChI is InChI=1S/C24H28ClN5O/c25-18-7-3-16(4-8-18)23-22(21-11-12-26-15-27-21)24(29-28-23)17-5-9-19(10-6-17)30-13-1-2-20(30)14-31/h3-4,7-8,11-12,15,17,19-20,31H,1-2,5-6,9-10,13-14H2,(H,28,29)/t17?,19?,20-/m0/s1. The minimum atomic E-state index is 0.281. The van der Waals surface area contributed by atoms with Gasteiger partial charge in [0.05, 0.1) is 12.3 Å². The Balaban J connectivity index is 1.43. The SMILES string of the molecule is OC[C@@H]1CCCN1C1CCC(c2[nH]nc(-c3ccc(Cl)cc3)c2-c2ccncn2)CC1. The molecule has 7 heteroatoms. The van der Waals surface area contributed by atoms with Gasteiger partial charge in [0.1, 0.15) is 12.0 Å². The molecule has 1 saturated heterocycles. The first-order valence-electron chi connectivity index (χ1n) is 11.2. The molecule has 0 radical (unpaired) electrons. The average molecular weight is 438 g/mol. The summed E-state index contributed by atoms with van der Waals surface area (Å²) in [5, 5.41) is 18.5. The Morgan fingerprint density at radius 3 is 2.58 bits per heavy atom. The van der Waals surface area contributed by atoms with Crippen molar-refractivity contribution < 1.29 is 5.11 Å². The highest BCUT2D eigenvalue weighted by molar-refractivity contribution is 6.30. The number of halogens is 1. The largest absolute Gasteiger partial charge is 0.395 e. The molecule has 1 atom stereocenters. The lowest BCUT2D eigenvalue weighted by Crippen LogP contribution is -2.42. The van der Waals surface area contributed by atoms with E-state index >= 15 is 0 Å². The van der Waals surface area contributed by atoms with Crippen molar-refractivity contribution in [3.05, 3.63) is 53.6 Å². The molecule has 6 nitrogen and oxygen atoms in total. The van der Waals surface area contributed by atoms with Crippen LogP contribution in [0.15, 0.2) is 42.9 Å². The molecule has 3 aromatic rings. The molecule has 0 unspecified atom stereocenters. The minimum absolute atomic E-state index is 0.281. The van der Waals surface area contributed by atoms with E-state index in [4.69, 9.17) is 16.7 Å². The zero-order valence-corrected chi connectivity index (χ0v) is 18.3. The van der Waals surface area contributed by atoms with Crippen LogP contribution in [0.25, 0.3) is 22.5 Å². The van der Waals surface area contributed by atoms with Crippen LogP contribution in [-0.4, -0.2) is 55.4 Å². The van der Waals surface area contributed by atoms with E-state index < -0.39 is 0 Å². The van der Waals surface area contributed by atoms with E-state index in [1.165, 1.54) is 12.1 Å². The third-order valence-corrected chi connectivity index (χ3v) is 7.21. The van der Waals surface area contributed by atoms with Gasteiger partial charge in [-0.2, -0.15) is 5.10 Å². The topological polar surface area (TPSA) is 77.9 Å². The molecule has 1 aliphatic carbocycles. The molecular weight excluding hydrogens is 410 g/mol. The zero-order valence-electron chi connectivity index (χ0n) is 17.5. The molecule has 1 aliphatic heterocycles. The Bertz CT molecular complexity index is 999. The fourth-order valence-corrected chi connectivity index (χ4v) is 5.52. The molecular formula is C24H28ClN5O. The van der Waals surface area contributed by atoms with Crippen LogP contribution >= 0.6 is 11.6 Å². The lowest BCUT2D eigenvalue weighted by atomic mass is 9.81. The molecule has 1 saturated carbocycles. The molecule has 0 amide bonds. The van der Waals surface area contributed by atoms with Gasteiger partial charge in [-0.05, 0) is 63.3 Å². The number of aliphatic hydroxyl groups excluding tert-OH is 1. The summed E-state index contributed by atoms with van der Waals surface area (Å²) in [4.78, 5) is 11.2. The van der Waals surface area contributed by atoms with Crippen molar-refractivity contribution in [2.24, 2.45) is 0 Å². The van der Waals surface area contributed by atoms with Crippen molar-refractivity contribution in [3.63, 3.8) is 0 Å². The Morgan fingerprint density at radius 1 is 1.06 bits per heavy atom. The monoisotopic (exact) mass is 437 g/mol. The molecule has 2 fully saturated rings. The van der Waals surface area contributed by atoms with Crippen molar-refractivity contribution in [1.82, 2.24) is 25.1 Å². The summed E-state index contributed by atoms with van der Waals surface area (Å²) in [5.74, 6) is 0.421. The second-order valence-corrected chi connectivity index (χ2v) is 9.12. The number of nitrogens with zero attached hydrogens (tertiary/aromatic N) is 4. The second kappa shape index (κ2) is 9.07. The van der Waals surface area contributed by atoms with Crippen LogP contribution < -0.4 is 0 Å².